The number of carbonyl (C=O) groups excluding carboxylic acids is 1. The molecule has 0 saturated carbocycles. The normalized spacial score (nSPS) is 14.6. The predicted molar refractivity (Wildman–Crippen MR) is 141 cm³/mol. The maximum atomic E-state index is 13.1. The Hall–Kier alpha value is -3.12. The molecule has 1 unspecified atom stereocenters. The number of esters is 1. The summed E-state index contributed by atoms with van der Waals surface area (Å²) in [6, 6.07) is 11.0. The van der Waals surface area contributed by atoms with Crippen LogP contribution in [-0.4, -0.2) is 22.1 Å². The second-order valence-corrected chi connectivity index (χ2v) is 10.7. The van der Waals surface area contributed by atoms with E-state index in [1.165, 1.54) is 0 Å². The van der Waals surface area contributed by atoms with Gasteiger partial charge in [0, 0.05) is 35.6 Å². The van der Waals surface area contributed by atoms with Crippen molar-refractivity contribution in [3.8, 4) is 17.0 Å². The molecule has 6 nitrogen and oxygen atoms in total. The zero-order valence-corrected chi connectivity index (χ0v) is 22.1. The van der Waals surface area contributed by atoms with Crippen molar-refractivity contribution < 1.29 is 14.3 Å². The number of carbonyl (C=O) groups is 1. The largest absolute Gasteiger partial charge is 0.492 e. The summed E-state index contributed by atoms with van der Waals surface area (Å²) in [5.41, 5.74) is 3.60. The first-order chi connectivity index (χ1) is 17.2. The van der Waals surface area contributed by atoms with Gasteiger partial charge in [-0.15, -0.1) is 0 Å². The highest BCUT2D eigenvalue weighted by molar-refractivity contribution is 6.32. The van der Waals surface area contributed by atoms with Gasteiger partial charge in [0.2, 0.25) is 0 Å². The molecule has 0 radical (unpaired) electrons. The van der Waals surface area contributed by atoms with Crippen LogP contribution in [0.25, 0.3) is 11.3 Å². The minimum Gasteiger partial charge on any atom is -0.492 e. The van der Waals surface area contributed by atoms with Gasteiger partial charge in [0.1, 0.15) is 12.4 Å². The number of rotatable bonds is 8. The van der Waals surface area contributed by atoms with Gasteiger partial charge >= 0.3 is 5.97 Å². The molecule has 0 fully saturated rings. The first kappa shape index (κ1) is 26.0. The molecule has 0 spiro atoms. The monoisotopic (exact) mass is 508 g/mol. The lowest BCUT2D eigenvalue weighted by Gasteiger charge is -2.39. The lowest BCUT2D eigenvalue weighted by Crippen LogP contribution is -2.32. The lowest BCUT2D eigenvalue weighted by molar-refractivity contribution is -0.144. The van der Waals surface area contributed by atoms with E-state index in [9.17, 15) is 9.59 Å². The van der Waals surface area contributed by atoms with Crippen LogP contribution >= 0.6 is 11.6 Å². The molecule has 36 heavy (non-hydrogen) atoms. The molecule has 0 N–H and O–H groups in total. The van der Waals surface area contributed by atoms with Gasteiger partial charge in [-0.3, -0.25) is 14.6 Å². The fourth-order valence-electron chi connectivity index (χ4n) is 4.51. The Bertz CT molecular complexity index is 1300. The minimum absolute atomic E-state index is 0.0745. The van der Waals surface area contributed by atoms with Crippen LogP contribution in [0, 0.1) is 5.41 Å². The van der Waals surface area contributed by atoms with Crippen molar-refractivity contribution in [2.75, 3.05) is 6.61 Å². The number of fused-ring (bicyclic) bond motifs is 3. The van der Waals surface area contributed by atoms with Crippen LogP contribution in [0.15, 0.2) is 53.6 Å². The molecule has 1 atom stereocenters. The summed E-state index contributed by atoms with van der Waals surface area (Å²) >= 11 is 6.58. The first-order valence-electron chi connectivity index (χ1n) is 12.4. The molecule has 190 valence electrons. The number of hydrogen-bond donors (Lipinski definition) is 0. The first-order valence-corrected chi connectivity index (χ1v) is 12.8. The average Bonchev–Trinajstić information content (AvgIpc) is 2.84. The molecule has 0 bridgehead atoms. The zero-order valence-electron chi connectivity index (χ0n) is 21.3. The summed E-state index contributed by atoms with van der Waals surface area (Å²) in [4.78, 5) is 29.8. The Labute approximate surface area is 217 Å². The molecule has 1 aromatic carbocycles. The van der Waals surface area contributed by atoms with Crippen LogP contribution in [0.2, 0.25) is 5.02 Å². The van der Waals surface area contributed by atoms with Crippen LogP contribution < -0.4 is 10.2 Å². The van der Waals surface area contributed by atoms with Crippen molar-refractivity contribution in [1.82, 2.24) is 9.55 Å². The van der Waals surface area contributed by atoms with Crippen molar-refractivity contribution in [1.29, 1.82) is 0 Å². The van der Waals surface area contributed by atoms with Crippen LogP contribution in [-0.2, 0) is 29.0 Å². The molecule has 0 saturated heterocycles. The van der Waals surface area contributed by atoms with Crippen molar-refractivity contribution in [3.05, 3.63) is 80.9 Å². The molecule has 3 aromatic rings. The summed E-state index contributed by atoms with van der Waals surface area (Å²) in [6.45, 7) is 9.35. The Morgan fingerprint density at radius 1 is 1.22 bits per heavy atom. The fraction of sp³-hybridized carbons (Fsp3) is 0.414. The minimum atomic E-state index is -0.460. The molecule has 2 aromatic heterocycles. The molecule has 1 aliphatic heterocycles. The maximum Gasteiger partial charge on any atom is 0.310 e. The maximum absolute atomic E-state index is 13.1. The standard InChI is InChI=1S/C29H33ClN2O4/c1-5-6-11-35-26-12-19-13-27(29(2,3)4)32-17-20(25(33)16-24(32)22(19)15-23(26)30)14-28(34)36-18-21-9-7-8-10-31-21/h7-10,12,15-17,27H,5-6,11,13-14,18H2,1-4H3. The van der Waals surface area contributed by atoms with Gasteiger partial charge in [-0.05, 0) is 48.1 Å². The van der Waals surface area contributed by atoms with Crippen LogP contribution in [0.4, 0.5) is 0 Å². The predicted octanol–water partition coefficient (Wildman–Crippen LogP) is 6.17. The van der Waals surface area contributed by atoms with Crippen molar-refractivity contribution in [3.63, 3.8) is 0 Å². The molecular formula is C29H33ClN2O4. The van der Waals surface area contributed by atoms with Gasteiger partial charge in [-0.2, -0.15) is 0 Å². The van der Waals surface area contributed by atoms with Crippen LogP contribution in [0.3, 0.4) is 0 Å². The third kappa shape index (κ3) is 5.81. The van der Waals surface area contributed by atoms with Crippen molar-refractivity contribution >= 4 is 17.6 Å². The van der Waals surface area contributed by atoms with E-state index in [4.69, 9.17) is 21.1 Å². The van der Waals surface area contributed by atoms with E-state index in [1.54, 1.807) is 24.4 Å². The highest BCUT2D eigenvalue weighted by Gasteiger charge is 2.33. The number of aromatic nitrogens is 2. The molecule has 3 heterocycles. The van der Waals surface area contributed by atoms with Gasteiger partial charge in [0.25, 0.3) is 0 Å². The van der Waals surface area contributed by atoms with E-state index in [2.05, 4.69) is 37.2 Å². The lowest BCUT2D eigenvalue weighted by atomic mass is 9.78. The van der Waals surface area contributed by atoms with E-state index < -0.39 is 5.97 Å². The molecule has 7 heteroatoms. The molecular weight excluding hydrogens is 476 g/mol. The Morgan fingerprint density at radius 2 is 2.03 bits per heavy atom. The third-order valence-electron chi connectivity index (χ3n) is 6.54. The van der Waals surface area contributed by atoms with Gasteiger partial charge < -0.3 is 14.0 Å². The zero-order chi connectivity index (χ0) is 25.9. The summed E-state index contributed by atoms with van der Waals surface area (Å²) in [7, 11) is 0. The summed E-state index contributed by atoms with van der Waals surface area (Å²) in [5.74, 6) is 0.221. The number of pyridine rings is 2. The topological polar surface area (TPSA) is 70.4 Å². The number of unbranched alkanes of at least 4 members (excludes halogenated alkanes) is 1. The van der Waals surface area contributed by atoms with Crippen LogP contribution in [0.5, 0.6) is 5.75 Å². The third-order valence-corrected chi connectivity index (χ3v) is 6.83. The highest BCUT2D eigenvalue weighted by Crippen LogP contribution is 2.45. The molecule has 1 aliphatic rings. The summed E-state index contributed by atoms with van der Waals surface area (Å²) in [5, 5.41) is 0.528. The molecule has 0 aliphatic carbocycles. The number of ether oxygens (including phenoxy) is 2. The Balaban J connectivity index is 1.65. The number of nitrogens with zero attached hydrogens (tertiary/aromatic N) is 2. The average molecular weight is 509 g/mol. The van der Waals surface area contributed by atoms with E-state index >= 15 is 0 Å². The summed E-state index contributed by atoms with van der Waals surface area (Å²) in [6.07, 6.45) is 6.14. The van der Waals surface area contributed by atoms with Crippen molar-refractivity contribution in [2.45, 2.75) is 66.0 Å². The molecule has 4 rings (SSSR count). The van der Waals surface area contributed by atoms with Gasteiger partial charge in [0.15, 0.2) is 5.43 Å². The number of benzene rings is 1. The Kier molecular flexibility index (Phi) is 7.84. The van der Waals surface area contributed by atoms with E-state index in [0.717, 1.165) is 36.1 Å². The molecule has 0 amide bonds. The number of halogens is 1. The van der Waals surface area contributed by atoms with Gasteiger partial charge in [0.05, 0.1) is 29.4 Å². The second kappa shape index (κ2) is 10.9. The number of hydrogen-bond acceptors (Lipinski definition) is 5. The SMILES string of the molecule is CCCCOc1cc2c(cc1Cl)-c1cc(=O)c(CC(=O)OCc3ccccn3)cn1C(C(C)(C)C)C2. The van der Waals surface area contributed by atoms with E-state index in [-0.39, 0.29) is 29.9 Å². The van der Waals surface area contributed by atoms with E-state index in [0.29, 0.717) is 28.6 Å². The van der Waals surface area contributed by atoms with Gasteiger partial charge in [-0.25, -0.2) is 0 Å². The highest BCUT2D eigenvalue weighted by atomic mass is 35.5. The van der Waals surface area contributed by atoms with Crippen LogP contribution in [0.1, 0.15) is 63.4 Å². The second-order valence-electron chi connectivity index (χ2n) is 10.3. The van der Waals surface area contributed by atoms with E-state index in [1.807, 2.05) is 24.4 Å². The smallest absolute Gasteiger partial charge is 0.310 e. The van der Waals surface area contributed by atoms with Gasteiger partial charge in [-0.1, -0.05) is 51.8 Å². The fourth-order valence-corrected chi connectivity index (χ4v) is 4.73. The van der Waals surface area contributed by atoms with Crippen molar-refractivity contribution in [2.24, 2.45) is 5.41 Å². The Morgan fingerprint density at radius 3 is 2.72 bits per heavy atom. The quantitative estimate of drug-likeness (QED) is 0.269. The summed E-state index contributed by atoms with van der Waals surface area (Å²) < 4.78 is 13.4.